The summed E-state index contributed by atoms with van der Waals surface area (Å²) >= 11 is 5.94. The smallest absolute Gasteiger partial charge is 0.253 e. The van der Waals surface area contributed by atoms with Crippen molar-refractivity contribution in [2.45, 2.75) is 6.54 Å². The van der Waals surface area contributed by atoms with Gasteiger partial charge in [0, 0.05) is 23.5 Å². The second-order valence-corrected chi connectivity index (χ2v) is 5.81. The van der Waals surface area contributed by atoms with Gasteiger partial charge in [0.2, 0.25) is 0 Å². The van der Waals surface area contributed by atoms with Gasteiger partial charge in [-0.05, 0) is 48.0 Å². The summed E-state index contributed by atoms with van der Waals surface area (Å²) < 4.78 is 12.9. The summed E-state index contributed by atoms with van der Waals surface area (Å²) in [5, 5.41) is 6.51. The fraction of sp³-hybridized carbons (Fsp3) is 0.0526. The Balaban J connectivity index is 1.59. The fourth-order valence-electron chi connectivity index (χ4n) is 2.20. The molecule has 2 aromatic carbocycles. The number of hydrogen-bond donors (Lipinski definition) is 2. The molecule has 3 aromatic rings. The van der Waals surface area contributed by atoms with Gasteiger partial charge in [-0.3, -0.25) is 4.79 Å². The Morgan fingerprint density at radius 3 is 2.56 bits per heavy atom. The molecule has 0 saturated carbocycles. The first-order valence-corrected chi connectivity index (χ1v) is 7.99. The summed E-state index contributed by atoms with van der Waals surface area (Å²) in [6, 6.07) is 16.7. The number of carbonyl (C=O) groups excluding carboxylic acids is 1. The molecule has 0 atom stereocenters. The maximum atomic E-state index is 12.9. The zero-order valence-corrected chi connectivity index (χ0v) is 13.9. The van der Waals surface area contributed by atoms with Gasteiger partial charge in [-0.1, -0.05) is 29.8 Å². The summed E-state index contributed by atoms with van der Waals surface area (Å²) in [5.74, 6) is 0.0607. The van der Waals surface area contributed by atoms with Crippen LogP contribution in [0.4, 0.5) is 15.9 Å². The van der Waals surface area contributed by atoms with Crippen LogP contribution in [0.1, 0.15) is 15.9 Å². The molecule has 0 aliphatic carbocycles. The van der Waals surface area contributed by atoms with Crippen LogP contribution in [0.5, 0.6) is 0 Å². The molecule has 0 radical (unpaired) electrons. The van der Waals surface area contributed by atoms with E-state index in [1.165, 1.54) is 18.3 Å². The van der Waals surface area contributed by atoms with Crippen LogP contribution in [0.15, 0.2) is 66.9 Å². The van der Waals surface area contributed by atoms with E-state index in [2.05, 4.69) is 15.6 Å². The molecule has 0 fully saturated rings. The van der Waals surface area contributed by atoms with Crippen LogP contribution < -0.4 is 10.6 Å². The number of carbonyl (C=O) groups is 1. The van der Waals surface area contributed by atoms with Gasteiger partial charge in [-0.2, -0.15) is 0 Å². The molecule has 0 saturated heterocycles. The maximum absolute atomic E-state index is 12.9. The molecule has 4 nitrogen and oxygen atoms in total. The van der Waals surface area contributed by atoms with E-state index in [-0.39, 0.29) is 11.7 Å². The number of hydrogen-bond acceptors (Lipinski definition) is 3. The molecule has 3 rings (SSSR count). The largest absolute Gasteiger partial charge is 0.348 e. The molecule has 0 unspecified atom stereocenters. The average molecular weight is 356 g/mol. The lowest BCUT2D eigenvalue weighted by molar-refractivity contribution is 0.0950. The standard InChI is InChI=1S/C19H15ClFN3O/c20-15-2-1-3-17(10-15)24-18-9-6-14(12-22-18)19(25)23-11-13-4-7-16(21)8-5-13/h1-10,12H,11H2,(H,22,24)(H,23,25). The van der Waals surface area contributed by atoms with Crippen LogP contribution >= 0.6 is 11.6 Å². The number of anilines is 2. The molecule has 1 aromatic heterocycles. The second-order valence-electron chi connectivity index (χ2n) is 5.38. The molecule has 1 amide bonds. The fourth-order valence-corrected chi connectivity index (χ4v) is 2.39. The van der Waals surface area contributed by atoms with Crippen molar-refractivity contribution >= 4 is 29.0 Å². The van der Waals surface area contributed by atoms with Gasteiger partial charge in [-0.15, -0.1) is 0 Å². The minimum atomic E-state index is -0.304. The molecule has 1 heterocycles. The number of aromatic nitrogens is 1. The van der Waals surface area contributed by atoms with Crippen molar-refractivity contribution in [3.05, 3.63) is 88.8 Å². The monoisotopic (exact) mass is 355 g/mol. The zero-order chi connectivity index (χ0) is 17.6. The lowest BCUT2D eigenvalue weighted by Crippen LogP contribution is -2.22. The van der Waals surface area contributed by atoms with Crippen LogP contribution in [0.2, 0.25) is 5.02 Å². The van der Waals surface area contributed by atoms with E-state index in [0.29, 0.717) is 22.9 Å². The van der Waals surface area contributed by atoms with Crippen molar-refractivity contribution in [2.75, 3.05) is 5.32 Å². The summed E-state index contributed by atoms with van der Waals surface area (Å²) in [6.07, 6.45) is 1.49. The summed E-state index contributed by atoms with van der Waals surface area (Å²) in [5.41, 5.74) is 2.08. The number of benzene rings is 2. The Hall–Kier alpha value is -2.92. The molecule has 6 heteroatoms. The molecule has 0 aliphatic rings. The Labute approximate surface area is 149 Å². The number of halogens is 2. The molecular formula is C19H15ClFN3O. The molecule has 0 bridgehead atoms. The van der Waals surface area contributed by atoms with E-state index < -0.39 is 0 Å². The Morgan fingerprint density at radius 2 is 1.88 bits per heavy atom. The number of nitrogens with one attached hydrogen (secondary N) is 2. The third kappa shape index (κ3) is 4.78. The van der Waals surface area contributed by atoms with E-state index in [9.17, 15) is 9.18 Å². The third-order valence-electron chi connectivity index (χ3n) is 3.49. The highest BCUT2D eigenvalue weighted by Gasteiger charge is 2.06. The van der Waals surface area contributed by atoms with Crippen LogP contribution in [0.3, 0.4) is 0 Å². The lowest BCUT2D eigenvalue weighted by Gasteiger charge is -2.08. The van der Waals surface area contributed by atoms with Gasteiger partial charge in [-0.25, -0.2) is 9.37 Å². The first-order valence-electron chi connectivity index (χ1n) is 7.61. The zero-order valence-electron chi connectivity index (χ0n) is 13.2. The molecule has 0 aliphatic heterocycles. The first-order chi connectivity index (χ1) is 12.1. The van der Waals surface area contributed by atoms with Crippen molar-refractivity contribution in [1.82, 2.24) is 10.3 Å². The Kier molecular flexibility index (Phi) is 5.26. The van der Waals surface area contributed by atoms with E-state index in [1.54, 1.807) is 36.4 Å². The van der Waals surface area contributed by atoms with Crippen LogP contribution in [0, 0.1) is 5.82 Å². The van der Waals surface area contributed by atoms with Crippen LogP contribution in [-0.2, 0) is 6.54 Å². The first kappa shape index (κ1) is 16.9. The van der Waals surface area contributed by atoms with E-state index in [4.69, 9.17) is 11.6 Å². The second kappa shape index (κ2) is 7.77. The normalized spacial score (nSPS) is 10.3. The van der Waals surface area contributed by atoms with E-state index in [0.717, 1.165) is 11.3 Å². The highest BCUT2D eigenvalue weighted by atomic mass is 35.5. The minimum absolute atomic E-state index is 0.244. The topological polar surface area (TPSA) is 54.0 Å². The predicted molar refractivity (Wildman–Crippen MR) is 96.5 cm³/mol. The summed E-state index contributed by atoms with van der Waals surface area (Å²) in [6.45, 7) is 0.321. The number of rotatable bonds is 5. The van der Waals surface area contributed by atoms with Crippen molar-refractivity contribution in [3.63, 3.8) is 0 Å². The number of nitrogens with zero attached hydrogens (tertiary/aromatic N) is 1. The summed E-state index contributed by atoms with van der Waals surface area (Å²) in [7, 11) is 0. The average Bonchev–Trinajstić information content (AvgIpc) is 2.62. The SMILES string of the molecule is O=C(NCc1ccc(F)cc1)c1ccc(Nc2cccc(Cl)c2)nc1. The predicted octanol–water partition coefficient (Wildman–Crippen LogP) is 4.55. The highest BCUT2D eigenvalue weighted by Crippen LogP contribution is 2.18. The van der Waals surface area contributed by atoms with Crippen molar-refractivity contribution in [3.8, 4) is 0 Å². The Morgan fingerprint density at radius 1 is 1.08 bits per heavy atom. The van der Waals surface area contributed by atoms with Crippen LogP contribution in [0.25, 0.3) is 0 Å². The lowest BCUT2D eigenvalue weighted by atomic mass is 10.2. The van der Waals surface area contributed by atoms with Crippen molar-refractivity contribution in [2.24, 2.45) is 0 Å². The van der Waals surface area contributed by atoms with Gasteiger partial charge in [0.1, 0.15) is 11.6 Å². The Bertz CT molecular complexity index is 867. The van der Waals surface area contributed by atoms with Gasteiger partial charge >= 0.3 is 0 Å². The molecular weight excluding hydrogens is 341 g/mol. The van der Waals surface area contributed by atoms with E-state index in [1.807, 2.05) is 12.1 Å². The van der Waals surface area contributed by atoms with Gasteiger partial charge in [0.05, 0.1) is 5.56 Å². The summed E-state index contributed by atoms with van der Waals surface area (Å²) in [4.78, 5) is 16.4. The van der Waals surface area contributed by atoms with Crippen molar-refractivity contribution < 1.29 is 9.18 Å². The van der Waals surface area contributed by atoms with Crippen molar-refractivity contribution in [1.29, 1.82) is 0 Å². The van der Waals surface area contributed by atoms with Gasteiger partial charge < -0.3 is 10.6 Å². The molecule has 0 spiro atoms. The third-order valence-corrected chi connectivity index (χ3v) is 3.72. The number of amides is 1. The molecule has 2 N–H and O–H groups in total. The molecule has 126 valence electrons. The van der Waals surface area contributed by atoms with Gasteiger partial charge in [0.15, 0.2) is 0 Å². The number of pyridine rings is 1. The van der Waals surface area contributed by atoms with Crippen LogP contribution in [-0.4, -0.2) is 10.9 Å². The highest BCUT2D eigenvalue weighted by molar-refractivity contribution is 6.30. The van der Waals surface area contributed by atoms with E-state index >= 15 is 0 Å². The van der Waals surface area contributed by atoms with Gasteiger partial charge in [0.25, 0.3) is 5.91 Å². The molecule has 25 heavy (non-hydrogen) atoms. The minimum Gasteiger partial charge on any atom is -0.348 e. The quantitative estimate of drug-likeness (QED) is 0.706. The maximum Gasteiger partial charge on any atom is 0.253 e.